The van der Waals surface area contributed by atoms with Crippen molar-refractivity contribution in [3.05, 3.63) is 0 Å². The van der Waals surface area contributed by atoms with Crippen LogP contribution in [0.4, 0.5) is 0 Å². The fraction of sp³-hybridized carbons (Fsp3) is 0.875. The van der Waals surface area contributed by atoms with Crippen LogP contribution in [-0.2, 0) is 0 Å². The Morgan fingerprint density at radius 3 is 2.20 bits per heavy atom. The standard InChI is InChI=1S/C8H16N2/c1-8(2,3)7(9)10-6-4-5-6/h6H,4-5H2,1-3H3,(H2,9,10). The van der Waals surface area contributed by atoms with E-state index in [1.165, 1.54) is 12.8 Å². The summed E-state index contributed by atoms with van der Waals surface area (Å²) < 4.78 is 0. The zero-order valence-corrected chi connectivity index (χ0v) is 7.02. The first-order chi connectivity index (χ1) is 4.50. The molecule has 1 aliphatic rings. The van der Waals surface area contributed by atoms with Gasteiger partial charge in [0.2, 0.25) is 0 Å². The van der Waals surface area contributed by atoms with Crippen LogP contribution in [0.3, 0.4) is 0 Å². The number of nitrogens with zero attached hydrogens (tertiary/aromatic N) is 1. The quantitative estimate of drug-likeness (QED) is 0.435. The molecule has 1 fully saturated rings. The minimum absolute atomic E-state index is 0.0581. The van der Waals surface area contributed by atoms with E-state index in [1.54, 1.807) is 0 Å². The summed E-state index contributed by atoms with van der Waals surface area (Å²) in [5.74, 6) is 0.801. The zero-order valence-electron chi connectivity index (χ0n) is 7.02. The van der Waals surface area contributed by atoms with Crippen LogP contribution in [0.1, 0.15) is 33.6 Å². The summed E-state index contributed by atoms with van der Waals surface area (Å²) in [6, 6.07) is 0.555. The summed E-state index contributed by atoms with van der Waals surface area (Å²) in [5.41, 5.74) is 5.80. The fourth-order valence-corrected chi connectivity index (χ4v) is 0.594. The summed E-state index contributed by atoms with van der Waals surface area (Å²) >= 11 is 0. The Hall–Kier alpha value is -0.530. The Morgan fingerprint density at radius 2 is 1.90 bits per heavy atom. The maximum absolute atomic E-state index is 5.74. The van der Waals surface area contributed by atoms with Crippen molar-refractivity contribution in [2.24, 2.45) is 16.1 Å². The lowest BCUT2D eigenvalue weighted by molar-refractivity contribution is 0.581. The van der Waals surface area contributed by atoms with Gasteiger partial charge in [-0.25, -0.2) is 0 Å². The molecule has 0 amide bonds. The van der Waals surface area contributed by atoms with E-state index in [-0.39, 0.29) is 5.41 Å². The summed E-state index contributed by atoms with van der Waals surface area (Å²) in [6.45, 7) is 6.27. The van der Waals surface area contributed by atoms with Gasteiger partial charge in [0.15, 0.2) is 0 Å². The molecule has 0 heterocycles. The maximum Gasteiger partial charge on any atom is 0.0994 e. The van der Waals surface area contributed by atoms with Crippen molar-refractivity contribution in [2.45, 2.75) is 39.7 Å². The topological polar surface area (TPSA) is 38.4 Å². The van der Waals surface area contributed by atoms with Crippen LogP contribution in [-0.4, -0.2) is 11.9 Å². The summed E-state index contributed by atoms with van der Waals surface area (Å²) in [5, 5.41) is 0. The Morgan fingerprint density at radius 1 is 1.40 bits per heavy atom. The Labute approximate surface area is 62.5 Å². The molecule has 0 unspecified atom stereocenters. The van der Waals surface area contributed by atoms with Crippen LogP contribution in [0.5, 0.6) is 0 Å². The average molecular weight is 140 g/mol. The summed E-state index contributed by atoms with van der Waals surface area (Å²) in [4.78, 5) is 4.35. The molecule has 58 valence electrons. The van der Waals surface area contributed by atoms with Gasteiger partial charge in [-0.1, -0.05) is 20.8 Å². The molecule has 0 radical (unpaired) electrons. The molecule has 1 saturated carbocycles. The second-order valence-electron chi connectivity index (χ2n) is 4.00. The van der Waals surface area contributed by atoms with Crippen LogP contribution >= 0.6 is 0 Å². The van der Waals surface area contributed by atoms with Gasteiger partial charge >= 0.3 is 0 Å². The number of hydrogen-bond acceptors (Lipinski definition) is 1. The minimum atomic E-state index is 0.0581. The van der Waals surface area contributed by atoms with Crippen molar-refractivity contribution in [3.63, 3.8) is 0 Å². The third-order valence-electron chi connectivity index (χ3n) is 1.64. The van der Waals surface area contributed by atoms with Gasteiger partial charge in [-0.15, -0.1) is 0 Å². The van der Waals surface area contributed by atoms with Crippen molar-refractivity contribution in [1.82, 2.24) is 0 Å². The number of aliphatic imine (C=N–C) groups is 1. The molecule has 1 aliphatic carbocycles. The van der Waals surface area contributed by atoms with Crippen molar-refractivity contribution in [3.8, 4) is 0 Å². The molecule has 0 bridgehead atoms. The van der Waals surface area contributed by atoms with E-state index in [0.29, 0.717) is 6.04 Å². The molecule has 0 aromatic carbocycles. The molecule has 2 heteroatoms. The smallest absolute Gasteiger partial charge is 0.0994 e. The molecule has 0 aromatic heterocycles. The van der Waals surface area contributed by atoms with Crippen LogP contribution in [0, 0.1) is 5.41 Å². The van der Waals surface area contributed by atoms with Crippen molar-refractivity contribution in [1.29, 1.82) is 0 Å². The van der Waals surface area contributed by atoms with Crippen LogP contribution < -0.4 is 5.73 Å². The van der Waals surface area contributed by atoms with Crippen molar-refractivity contribution < 1.29 is 0 Å². The number of nitrogens with two attached hydrogens (primary N) is 1. The zero-order chi connectivity index (χ0) is 7.78. The first kappa shape index (κ1) is 7.58. The average Bonchev–Trinajstić information content (AvgIpc) is 2.47. The van der Waals surface area contributed by atoms with E-state index in [9.17, 15) is 0 Å². The van der Waals surface area contributed by atoms with Gasteiger partial charge in [0.25, 0.3) is 0 Å². The second-order valence-corrected chi connectivity index (χ2v) is 4.00. The number of amidine groups is 1. The van der Waals surface area contributed by atoms with Crippen LogP contribution in [0.25, 0.3) is 0 Å². The molecule has 2 N–H and O–H groups in total. The first-order valence-electron chi connectivity index (χ1n) is 3.84. The lowest BCUT2D eigenvalue weighted by atomic mass is 9.95. The fourth-order valence-electron chi connectivity index (χ4n) is 0.594. The molecule has 2 nitrogen and oxygen atoms in total. The van der Waals surface area contributed by atoms with E-state index in [0.717, 1.165) is 5.84 Å². The molecular formula is C8H16N2. The number of hydrogen-bond donors (Lipinski definition) is 1. The van der Waals surface area contributed by atoms with E-state index >= 15 is 0 Å². The van der Waals surface area contributed by atoms with Gasteiger partial charge in [-0.3, -0.25) is 4.99 Å². The normalized spacial score (nSPS) is 21.3. The highest BCUT2D eigenvalue weighted by Crippen LogP contribution is 2.25. The molecule has 0 saturated heterocycles. The highest BCUT2D eigenvalue weighted by molar-refractivity contribution is 5.85. The van der Waals surface area contributed by atoms with Gasteiger partial charge < -0.3 is 5.73 Å². The molecule has 10 heavy (non-hydrogen) atoms. The Kier molecular flexibility index (Phi) is 1.71. The lowest BCUT2D eigenvalue weighted by Gasteiger charge is -2.16. The highest BCUT2D eigenvalue weighted by Gasteiger charge is 2.23. The molecule has 0 atom stereocenters. The van der Waals surface area contributed by atoms with Crippen molar-refractivity contribution >= 4 is 5.84 Å². The van der Waals surface area contributed by atoms with Gasteiger partial charge in [-0.2, -0.15) is 0 Å². The highest BCUT2D eigenvalue weighted by atomic mass is 14.9. The van der Waals surface area contributed by atoms with E-state index < -0.39 is 0 Å². The maximum atomic E-state index is 5.74. The Balaban J connectivity index is 2.53. The van der Waals surface area contributed by atoms with E-state index in [1.807, 2.05) is 0 Å². The van der Waals surface area contributed by atoms with Crippen molar-refractivity contribution in [2.75, 3.05) is 0 Å². The minimum Gasteiger partial charge on any atom is -0.387 e. The summed E-state index contributed by atoms with van der Waals surface area (Å²) in [6.07, 6.45) is 2.47. The van der Waals surface area contributed by atoms with Crippen LogP contribution in [0.15, 0.2) is 4.99 Å². The molecule has 0 spiro atoms. The van der Waals surface area contributed by atoms with E-state index in [2.05, 4.69) is 25.8 Å². The largest absolute Gasteiger partial charge is 0.387 e. The Bertz CT molecular complexity index is 149. The third-order valence-corrected chi connectivity index (χ3v) is 1.64. The molecule has 0 aliphatic heterocycles. The predicted molar refractivity (Wildman–Crippen MR) is 44.1 cm³/mol. The molecular weight excluding hydrogens is 124 g/mol. The predicted octanol–water partition coefficient (Wildman–Crippen LogP) is 1.55. The SMILES string of the molecule is CC(C)(C)C(N)=NC1CC1. The number of rotatable bonds is 1. The lowest BCUT2D eigenvalue weighted by Crippen LogP contribution is -2.29. The third kappa shape index (κ3) is 2.01. The van der Waals surface area contributed by atoms with Crippen LogP contribution in [0.2, 0.25) is 0 Å². The molecule has 1 rings (SSSR count). The van der Waals surface area contributed by atoms with Gasteiger partial charge in [0.1, 0.15) is 0 Å². The monoisotopic (exact) mass is 140 g/mol. The first-order valence-corrected chi connectivity index (χ1v) is 3.84. The second kappa shape index (κ2) is 2.26. The van der Waals surface area contributed by atoms with Gasteiger partial charge in [0.05, 0.1) is 11.9 Å². The summed E-state index contributed by atoms with van der Waals surface area (Å²) in [7, 11) is 0. The van der Waals surface area contributed by atoms with Gasteiger partial charge in [-0.05, 0) is 12.8 Å². The van der Waals surface area contributed by atoms with E-state index in [4.69, 9.17) is 5.73 Å². The van der Waals surface area contributed by atoms with Gasteiger partial charge in [0, 0.05) is 5.41 Å². The molecule has 0 aromatic rings.